The Morgan fingerprint density at radius 3 is 2.20 bits per heavy atom. The fraction of sp³-hybridized carbons (Fsp3) is 0.200. The van der Waals surface area contributed by atoms with Crippen LogP contribution >= 0.6 is 0 Å². The largest absolute Gasteiger partial charge is 0.502 e. The first-order chi connectivity index (χ1) is 12.0. The van der Waals surface area contributed by atoms with E-state index in [0.29, 0.717) is 11.3 Å². The van der Waals surface area contributed by atoms with Crippen molar-refractivity contribution in [2.24, 2.45) is 0 Å². The van der Waals surface area contributed by atoms with E-state index in [1.54, 1.807) is 12.1 Å². The molecular weight excluding hydrogens is 321 g/mol. The van der Waals surface area contributed by atoms with E-state index in [1.807, 2.05) is 12.1 Å². The summed E-state index contributed by atoms with van der Waals surface area (Å²) in [6.07, 6.45) is 3.09. The van der Waals surface area contributed by atoms with E-state index in [1.165, 1.54) is 24.3 Å². The molecule has 0 spiro atoms. The zero-order valence-corrected chi connectivity index (χ0v) is 13.8. The van der Waals surface area contributed by atoms with Crippen molar-refractivity contribution >= 4 is 23.1 Å². The number of aliphatic hydroxyl groups is 1. The van der Waals surface area contributed by atoms with Gasteiger partial charge in [-0.2, -0.15) is 0 Å². The van der Waals surface area contributed by atoms with Crippen molar-refractivity contribution in [1.29, 1.82) is 0 Å². The van der Waals surface area contributed by atoms with Gasteiger partial charge < -0.3 is 5.11 Å². The fourth-order valence-corrected chi connectivity index (χ4v) is 2.82. The van der Waals surface area contributed by atoms with Crippen LogP contribution in [0.25, 0.3) is 5.57 Å². The van der Waals surface area contributed by atoms with E-state index in [-0.39, 0.29) is 5.57 Å². The number of carbonyl (C=O) groups is 2. The molecule has 0 saturated heterocycles. The molecule has 0 aromatic heterocycles. The Labute approximate surface area is 145 Å². The summed E-state index contributed by atoms with van der Waals surface area (Å²) in [5.41, 5.74) is 1.72. The zero-order valence-electron chi connectivity index (χ0n) is 13.8. The minimum absolute atomic E-state index is 0.111. The van der Waals surface area contributed by atoms with Gasteiger partial charge in [0, 0.05) is 0 Å². The van der Waals surface area contributed by atoms with Crippen molar-refractivity contribution in [1.82, 2.24) is 0 Å². The number of aliphatic hydroxyl groups excluding tert-OH is 1. The molecule has 5 heteroatoms. The normalized spacial score (nSPS) is 14.6. The lowest BCUT2D eigenvalue weighted by Crippen LogP contribution is -2.31. The second-order valence-electron chi connectivity index (χ2n) is 5.95. The number of hydrogen-bond donors (Lipinski definition) is 1. The summed E-state index contributed by atoms with van der Waals surface area (Å²) >= 11 is 0. The van der Waals surface area contributed by atoms with Crippen LogP contribution in [-0.2, 0) is 16.0 Å². The standard InChI is InChI=1S/C20H18FNO3/c1-2-3-4-13-5-11-16(12-6-13)22-19(24)17(18(23)20(22)25)14-7-9-15(21)10-8-14/h5-12,23H,2-4H2,1H3. The average molecular weight is 339 g/mol. The molecule has 0 radical (unpaired) electrons. The highest BCUT2D eigenvalue weighted by molar-refractivity contribution is 6.44. The van der Waals surface area contributed by atoms with Gasteiger partial charge in [-0.1, -0.05) is 37.6 Å². The molecule has 0 bridgehead atoms. The Bertz CT molecular complexity index is 838. The molecule has 3 rings (SSSR count). The van der Waals surface area contributed by atoms with Crippen molar-refractivity contribution in [3.05, 3.63) is 71.2 Å². The van der Waals surface area contributed by atoms with Gasteiger partial charge in [0.1, 0.15) is 5.82 Å². The molecule has 0 fully saturated rings. The number of hydrogen-bond acceptors (Lipinski definition) is 3. The van der Waals surface area contributed by atoms with Crippen LogP contribution in [0.5, 0.6) is 0 Å². The number of unbranched alkanes of at least 4 members (excludes halogenated alkanes) is 1. The third-order valence-corrected chi connectivity index (χ3v) is 4.21. The second-order valence-corrected chi connectivity index (χ2v) is 5.95. The highest BCUT2D eigenvalue weighted by Crippen LogP contribution is 2.32. The number of imide groups is 1. The number of amides is 2. The molecule has 25 heavy (non-hydrogen) atoms. The number of rotatable bonds is 5. The van der Waals surface area contributed by atoms with Gasteiger partial charge in [0.2, 0.25) is 0 Å². The summed E-state index contributed by atoms with van der Waals surface area (Å²) in [6.45, 7) is 2.11. The van der Waals surface area contributed by atoms with Crippen LogP contribution in [0.1, 0.15) is 30.9 Å². The lowest BCUT2D eigenvalue weighted by atomic mass is 10.1. The molecule has 4 nitrogen and oxygen atoms in total. The van der Waals surface area contributed by atoms with Crippen LogP contribution in [0.15, 0.2) is 54.3 Å². The lowest BCUT2D eigenvalue weighted by molar-refractivity contribution is -0.121. The molecule has 1 aliphatic heterocycles. The van der Waals surface area contributed by atoms with E-state index in [0.717, 1.165) is 29.7 Å². The van der Waals surface area contributed by atoms with E-state index in [4.69, 9.17) is 0 Å². The number of carbonyl (C=O) groups excluding carboxylic acids is 2. The number of aryl methyl sites for hydroxylation is 1. The highest BCUT2D eigenvalue weighted by Gasteiger charge is 2.40. The van der Waals surface area contributed by atoms with E-state index in [2.05, 4.69) is 6.92 Å². The Hall–Kier alpha value is -2.95. The third-order valence-electron chi connectivity index (χ3n) is 4.21. The van der Waals surface area contributed by atoms with Gasteiger partial charge in [-0.25, -0.2) is 9.29 Å². The first kappa shape index (κ1) is 16.9. The number of anilines is 1. The van der Waals surface area contributed by atoms with Crippen molar-refractivity contribution in [3.63, 3.8) is 0 Å². The Balaban J connectivity index is 1.89. The fourth-order valence-electron chi connectivity index (χ4n) is 2.82. The van der Waals surface area contributed by atoms with Gasteiger partial charge >= 0.3 is 5.91 Å². The minimum Gasteiger partial charge on any atom is -0.502 e. The van der Waals surface area contributed by atoms with E-state index >= 15 is 0 Å². The molecule has 2 aromatic carbocycles. The smallest absolute Gasteiger partial charge is 0.301 e. The molecule has 1 aliphatic rings. The van der Waals surface area contributed by atoms with Crippen LogP contribution < -0.4 is 4.90 Å². The Morgan fingerprint density at radius 2 is 1.60 bits per heavy atom. The predicted octanol–water partition coefficient (Wildman–Crippen LogP) is 4.01. The van der Waals surface area contributed by atoms with Crippen molar-refractivity contribution < 1.29 is 19.1 Å². The zero-order chi connectivity index (χ0) is 18.0. The average Bonchev–Trinajstić information content (AvgIpc) is 2.84. The maximum atomic E-state index is 13.1. The van der Waals surface area contributed by atoms with Crippen LogP contribution in [0.3, 0.4) is 0 Å². The SMILES string of the molecule is CCCCc1ccc(N2C(=O)C(O)=C(c3ccc(F)cc3)C2=O)cc1. The third kappa shape index (κ3) is 3.18. The Kier molecular flexibility index (Phi) is 4.65. The van der Waals surface area contributed by atoms with Crippen molar-refractivity contribution in [3.8, 4) is 0 Å². The maximum Gasteiger partial charge on any atom is 0.301 e. The quantitative estimate of drug-likeness (QED) is 0.837. The second kappa shape index (κ2) is 6.89. The molecule has 1 heterocycles. The first-order valence-electron chi connectivity index (χ1n) is 8.20. The van der Waals surface area contributed by atoms with Crippen molar-refractivity contribution in [2.75, 3.05) is 4.90 Å². The highest BCUT2D eigenvalue weighted by atomic mass is 19.1. The topological polar surface area (TPSA) is 57.6 Å². The van der Waals surface area contributed by atoms with Gasteiger partial charge in [-0.05, 0) is 48.2 Å². The lowest BCUT2D eigenvalue weighted by Gasteiger charge is -2.15. The first-order valence-corrected chi connectivity index (χ1v) is 8.20. The summed E-state index contributed by atoms with van der Waals surface area (Å²) < 4.78 is 13.1. The molecule has 128 valence electrons. The van der Waals surface area contributed by atoms with Crippen LogP contribution in [0, 0.1) is 5.82 Å². The summed E-state index contributed by atoms with van der Waals surface area (Å²) in [5.74, 6) is -2.46. The molecule has 0 saturated carbocycles. The summed E-state index contributed by atoms with van der Waals surface area (Å²) in [6, 6.07) is 12.2. The molecule has 0 unspecified atom stereocenters. The minimum atomic E-state index is -0.773. The summed E-state index contributed by atoms with van der Waals surface area (Å²) in [7, 11) is 0. The molecule has 0 atom stereocenters. The van der Waals surface area contributed by atoms with Crippen LogP contribution in [0.4, 0.5) is 10.1 Å². The number of nitrogens with zero attached hydrogens (tertiary/aromatic N) is 1. The molecule has 2 aromatic rings. The van der Waals surface area contributed by atoms with Gasteiger partial charge in [0.25, 0.3) is 5.91 Å². The monoisotopic (exact) mass is 339 g/mol. The predicted molar refractivity (Wildman–Crippen MR) is 93.5 cm³/mol. The van der Waals surface area contributed by atoms with Gasteiger partial charge in [0.05, 0.1) is 11.3 Å². The Morgan fingerprint density at radius 1 is 0.960 bits per heavy atom. The van der Waals surface area contributed by atoms with Gasteiger partial charge in [-0.3, -0.25) is 9.59 Å². The maximum absolute atomic E-state index is 13.1. The number of benzene rings is 2. The van der Waals surface area contributed by atoms with Crippen LogP contribution in [-0.4, -0.2) is 16.9 Å². The summed E-state index contributed by atoms with van der Waals surface area (Å²) in [5, 5.41) is 10.1. The van der Waals surface area contributed by atoms with Gasteiger partial charge in [-0.15, -0.1) is 0 Å². The molecule has 0 aliphatic carbocycles. The summed E-state index contributed by atoms with van der Waals surface area (Å²) in [4.78, 5) is 26.0. The molecule has 1 N–H and O–H groups in total. The molecule has 2 amide bonds. The van der Waals surface area contributed by atoms with E-state index < -0.39 is 23.4 Å². The van der Waals surface area contributed by atoms with Crippen molar-refractivity contribution in [2.45, 2.75) is 26.2 Å². The molecular formula is C20H18FNO3. The van der Waals surface area contributed by atoms with Gasteiger partial charge in [0.15, 0.2) is 5.76 Å². The van der Waals surface area contributed by atoms with E-state index in [9.17, 15) is 19.1 Å². The van der Waals surface area contributed by atoms with Crippen LogP contribution in [0.2, 0.25) is 0 Å². The number of halogens is 1.